The van der Waals surface area contributed by atoms with Gasteiger partial charge in [-0.25, -0.2) is 9.78 Å². The number of hydrogen-bond acceptors (Lipinski definition) is 8. The summed E-state index contributed by atoms with van der Waals surface area (Å²) >= 11 is 0. The first kappa shape index (κ1) is 25.3. The lowest BCUT2D eigenvalue weighted by atomic mass is 9.94. The number of nitrogens with zero attached hydrogens (tertiary/aromatic N) is 3. The summed E-state index contributed by atoms with van der Waals surface area (Å²) in [7, 11) is 0. The zero-order valence-corrected chi connectivity index (χ0v) is 20.1. The van der Waals surface area contributed by atoms with Crippen molar-refractivity contribution in [2.75, 3.05) is 11.5 Å². The van der Waals surface area contributed by atoms with Crippen LogP contribution in [0, 0.1) is 6.92 Å². The predicted octanol–water partition coefficient (Wildman–Crippen LogP) is 2.48. The van der Waals surface area contributed by atoms with Crippen LogP contribution in [-0.4, -0.2) is 49.1 Å². The third-order valence-corrected chi connectivity index (χ3v) is 6.31. The van der Waals surface area contributed by atoms with Crippen LogP contribution in [0.5, 0.6) is 0 Å². The maximum absolute atomic E-state index is 13.0. The molecule has 190 valence electrons. The summed E-state index contributed by atoms with van der Waals surface area (Å²) in [6.45, 7) is 1.93. The van der Waals surface area contributed by atoms with Gasteiger partial charge in [0, 0.05) is 18.2 Å². The average molecular weight is 503 g/mol. The molecule has 1 unspecified atom stereocenters. The molecule has 0 bridgehead atoms. The lowest BCUT2D eigenvalue weighted by molar-refractivity contribution is -0.140. The van der Waals surface area contributed by atoms with E-state index < -0.39 is 23.9 Å². The minimum Gasteiger partial charge on any atom is -0.481 e. The lowest BCUT2D eigenvalue weighted by Gasteiger charge is -2.16. The third-order valence-electron chi connectivity index (χ3n) is 6.31. The molecule has 7 N–H and O–H groups in total. The van der Waals surface area contributed by atoms with E-state index in [0.29, 0.717) is 34.8 Å². The number of pyridine rings is 1. The fraction of sp³-hybridized carbons (Fsp3) is 0.231. The Balaban J connectivity index is 1.60. The Bertz CT molecular complexity index is 1540. The molecule has 0 aliphatic rings. The molecule has 4 aromatic rings. The number of carbonyl (C=O) groups excluding carboxylic acids is 1. The van der Waals surface area contributed by atoms with E-state index in [9.17, 15) is 19.5 Å². The number of benzene rings is 2. The van der Waals surface area contributed by atoms with Crippen molar-refractivity contribution < 1.29 is 24.6 Å². The second kappa shape index (κ2) is 10.4. The monoisotopic (exact) mass is 502 g/mol. The minimum absolute atomic E-state index is 0.0665. The minimum atomic E-state index is -1.31. The van der Waals surface area contributed by atoms with Crippen LogP contribution in [0.15, 0.2) is 42.6 Å². The Morgan fingerprint density at radius 3 is 2.38 bits per heavy atom. The van der Waals surface area contributed by atoms with Crippen molar-refractivity contribution in [3.63, 3.8) is 0 Å². The summed E-state index contributed by atoms with van der Waals surface area (Å²) in [4.78, 5) is 47.9. The number of aryl methyl sites for hydroxylation is 3. The van der Waals surface area contributed by atoms with Gasteiger partial charge in [0.25, 0.3) is 5.91 Å². The summed E-state index contributed by atoms with van der Waals surface area (Å²) in [6, 6.07) is 9.55. The van der Waals surface area contributed by atoms with Crippen LogP contribution >= 0.6 is 0 Å². The molecule has 1 amide bonds. The van der Waals surface area contributed by atoms with Crippen LogP contribution in [0.2, 0.25) is 0 Å². The molecule has 2 aromatic heterocycles. The van der Waals surface area contributed by atoms with E-state index in [4.69, 9.17) is 16.6 Å². The first-order chi connectivity index (χ1) is 17.7. The van der Waals surface area contributed by atoms with Crippen LogP contribution in [0.1, 0.15) is 39.9 Å². The molecular formula is C26H26N6O5. The van der Waals surface area contributed by atoms with E-state index >= 15 is 0 Å². The molecule has 2 heterocycles. The quantitative estimate of drug-likeness (QED) is 0.227. The number of fused-ring (bicyclic) bond motifs is 2. The standard InChI is InChI=1S/C26H26N6O5/c1-13-15(12-29-23-21(13)22(27)31-26(28)32-23)7-6-14-8-9-18(17-5-3-2-4-16(14)17)24(35)30-19(25(36)37)10-11-20(33)34/h2-5,8-9,12,19H,6-7,10-11H2,1H3,(H,30,35)(H,33,34)(H,36,37)(H4,27,28,29,31,32). The average Bonchev–Trinajstić information content (AvgIpc) is 2.85. The highest BCUT2D eigenvalue weighted by atomic mass is 16.4. The van der Waals surface area contributed by atoms with Gasteiger partial charge in [0.1, 0.15) is 11.9 Å². The van der Waals surface area contributed by atoms with Gasteiger partial charge in [0.15, 0.2) is 5.65 Å². The molecule has 11 heteroatoms. The predicted molar refractivity (Wildman–Crippen MR) is 138 cm³/mol. The second-order valence-electron chi connectivity index (χ2n) is 8.69. The van der Waals surface area contributed by atoms with Crippen molar-refractivity contribution in [1.29, 1.82) is 0 Å². The SMILES string of the molecule is Cc1c(CCc2ccc(C(=O)NC(CCC(=O)O)C(=O)O)c3ccccc23)cnc2nc(N)nc(N)c12. The number of nitrogens with one attached hydrogen (secondary N) is 1. The van der Waals surface area contributed by atoms with Crippen molar-refractivity contribution in [3.8, 4) is 0 Å². The van der Waals surface area contributed by atoms with Gasteiger partial charge in [0.05, 0.1) is 5.39 Å². The second-order valence-corrected chi connectivity index (χ2v) is 8.69. The van der Waals surface area contributed by atoms with Gasteiger partial charge in [-0.15, -0.1) is 0 Å². The van der Waals surface area contributed by atoms with Gasteiger partial charge in [-0.2, -0.15) is 9.97 Å². The number of hydrogen-bond donors (Lipinski definition) is 5. The smallest absolute Gasteiger partial charge is 0.326 e. The maximum Gasteiger partial charge on any atom is 0.326 e. The van der Waals surface area contributed by atoms with Crippen molar-refractivity contribution in [1.82, 2.24) is 20.3 Å². The van der Waals surface area contributed by atoms with E-state index in [-0.39, 0.29) is 24.6 Å². The molecule has 1 atom stereocenters. The van der Waals surface area contributed by atoms with E-state index in [0.717, 1.165) is 22.1 Å². The third kappa shape index (κ3) is 5.40. The van der Waals surface area contributed by atoms with Gasteiger partial charge >= 0.3 is 11.9 Å². The fourth-order valence-electron chi connectivity index (χ4n) is 4.39. The molecular weight excluding hydrogens is 476 g/mol. The van der Waals surface area contributed by atoms with Crippen molar-refractivity contribution in [3.05, 3.63) is 64.8 Å². The molecule has 0 radical (unpaired) electrons. The lowest BCUT2D eigenvalue weighted by Crippen LogP contribution is -2.41. The number of carbonyl (C=O) groups is 3. The molecule has 0 fully saturated rings. The highest BCUT2D eigenvalue weighted by molar-refractivity contribution is 6.08. The molecule has 0 aliphatic heterocycles. The van der Waals surface area contributed by atoms with Crippen LogP contribution in [0.3, 0.4) is 0 Å². The zero-order chi connectivity index (χ0) is 26.7. The number of aromatic nitrogens is 3. The Morgan fingerprint density at radius 2 is 1.68 bits per heavy atom. The Morgan fingerprint density at radius 1 is 0.973 bits per heavy atom. The fourth-order valence-corrected chi connectivity index (χ4v) is 4.39. The summed E-state index contributed by atoms with van der Waals surface area (Å²) < 4.78 is 0. The number of carboxylic acids is 2. The highest BCUT2D eigenvalue weighted by Gasteiger charge is 2.23. The zero-order valence-electron chi connectivity index (χ0n) is 20.1. The molecule has 0 spiro atoms. The number of carboxylic acid groups (broad SMARTS) is 2. The van der Waals surface area contributed by atoms with Crippen molar-refractivity contribution in [2.24, 2.45) is 0 Å². The van der Waals surface area contributed by atoms with Gasteiger partial charge in [-0.1, -0.05) is 30.3 Å². The number of anilines is 2. The van der Waals surface area contributed by atoms with E-state index in [1.165, 1.54) is 0 Å². The molecule has 0 aliphatic carbocycles. The molecule has 4 rings (SSSR count). The normalized spacial score (nSPS) is 11.9. The topological polar surface area (TPSA) is 194 Å². The Kier molecular flexibility index (Phi) is 7.14. The highest BCUT2D eigenvalue weighted by Crippen LogP contribution is 2.27. The van der Waals surface area contributed by atoms with E-state index in [2.05, 4.69) is 20.3 Å². The summed E-state index contributed by atoms with van der Waals surface area (Å²) in [5.74, 6) is -2.66. The van der Waals surface area contributed by atoms with Crippen LogP contribution in [-0.2, 0) is 22.4 Å². The van der Waals surface area contributed by atoms with Gasteiger partial charge in [-0.3, -0.25) is 9.59 Å². The first-order valence-corrected chi connectivity index (χ1v) is 11.6. The molecule has 37 heavy (non-hydrogen) atoms. The van der Waals surface area contributed by atoms with Gasteiger partial charge in [-0.05, 0) is 59.7 Å². The Hall–Kier alpha value is -4.80. The van der Waals surface area contributed by atoms with Crippen molar-refractivity contribution in [2.45, 2.75) is 38.6 Å². The molecule has 2 aromatic carbocycles. The summed E-state index contributed by atoms with van der Waals surface area (Å²) in [5.41, 5.74) is 15.4. The van der Waals surface area contributed by atoms with Crippen molar-refractivity contribution >= 4 is 51.4 Å². The number of aliphatic carboxylic acids is 2. The summed E-state index contributed by atoms with van der Waals surface area (Å²) in [6.07, 6.45) is 2.45. The van der Waals surface area contributed by atoms with Gasteiger partial charge in [0.2, 0.25) is 5.95 Å². The first-order valence-electron chi connectivity index (χ1n) is 11.6. The van der Waals surface area contributed by atoms with Crippen LogP contribution in [0.25, 0.3) is 21.8 Å². The van der Waals surface area contributed by atoms with Gasteiger partial charge < -0.3 is 27.0 Å². The number of nitrogen functional groups attached to an aromatic ring is 2. The molecule has 11 nitrogen and oxygen atoms in total. The number of nitrogens with two attached hydrogens (primary N) is 2. The van der Waals surface area contributed by atoms with E-state index in [1.54, 1.807) is 24.4 Å². The maximum atomic E-state index is 13.0. The van der Waals surface area contributed by atoms with Crippen LogP contribution in [0.4, 0.5) is 11.8 Å². The Labute approximate surface area is 211 Å². The van der Waals surface area contributed by atoms with Crippen LogP contribution < -0.4 is 16.8 Å². The molecule has 0 saturated carbocycles. The largest absolute Gasteiger partial charge is 0.481 e. The molecule has 0 saturated heterocycles. The number of amides is 1. The number of rotatable bonds is 9. The summed E-state index contributed by atoms with van der Waals surface area (Å²) in [5, 5.41) is 22.9. The van der Waals surface area contributed by atoms with E-state index in [1.807, 2.05) is 25.1 Å².